The lowest BCUT2D eigenvalue weighted by atomic mass is 10.1. The number of rotatable bonds is 4. The van der Waals surface area contributed by atoms with Crippen LogP contribution in [0.1, 0.15) is 24.2 Å². The molecule has 1 aromatic carbocycles. The van der Waals surface area contributed by atoms with Crippen LogP contribution in [0.3, 0.4) is 0 Å². The molecule has 1 aliphatic heterocycles. The fourth-order valence-electron chi connectivity index (χ4n) is 2.19. The molecule has 114 valence electrons. The Morgan fingerprint density at radius 3 is 3.00 bits per heavy atom. The van der Waals surface area contributed by atoms with E-state index in [1.54, 1.807) is 31.2 Å². The first-order chi connectivity index (χ1) is 10.1. The van der Waals surface area contributed by atoms with Gasteiger partial charge in [0.05, 0.1) is 24.9 Å². The first-order valence-electron chi connectivity index (χ1n) is 7.05. The highest BCUT2D eigenvalue weighted by Gasteiger charge is 2.28. The van der Waals surface area contributed by atoms with Crippen LogP contribution >= 0.6 is 0 Å². The maximum Gasteiger partial charge on any atom is 0.338 e. The van der Waals surface area contributed by atoms with E-state index in [9.17, 15) is 9.59 Å². The third kappa shape index (κ3) is 4.03. The summed E-state index contributed by atoms with van der Waals surface area (Å²) in [6.07, 6.45) is -0.188. The Labute approximate surface area is 123 Å². The summed E-state index contributed by atoms with van der Waals surface area (Å²) in [5, 5.41) is 5.91. The summed E-state index contributed by atoms with van der Waals surface area (Å²) < 4.78 is 10.4. The number of esters is 1. The minimum Gasteiger partial charge on any atom is -0.462 e. The second kappa shape index (κ2) is 7.19. The van der Waals surface area contributed by atoms with Crippen LogP contribution in [0.25, 0.3) is 0 Å². The van der Waals surface area contributed by atoms with Crippen molar-refractivity contribution in [2.45, 2.75) is 26.0 Å². The highest BCUT2D eigenvalue weighted by atomic mass is 16.5. The molecule has 6 heteroatoms. The minimum atomic E-state index is -0.402. The molecule has 0 aliphatic carbocycles. The average Bonchev–Trinajstić information content (AvgIpc) is 2.48. The predicted octanol–water partition coefficient (Wildman–Crippen LogP) is 1.18. The SMILES string of the molecule is CCOC(=O)c1cccc(NC(=O)[C@H]2NCCO[C@@H]2C)c1. The summed E-state index contributed by atoms with van der Waals surface area (Å²) in [7, 11) is 0. The van der Waals surface area contributed by atoms with E-state index in [4.69, 9.17) is 9.47 Å². The molecule has 1 heterocycles. The van der Waals surface area contributed by atoms with Gasteiger partial charge >= 0.3 is 5.97 Å². The van der Waals surface area contributed by atoms with Crippen molar-refractivity contribution < 1.29 is 19.1 Å². The van der Waals surface area contributed by atoms with Crippen molar-refractivity contribution in [3.8, 4) is 0 Å². The molecule has 1 fully saturated rings. The average molecular weight is 292 g/mol. The van der Waals surface area contributed by atoms with Crippen molar-refractivity contribution in [3.63, 3.8) is 0 Å². The largest absolute Gasteiger partial charge is 0.462 e. The van der Waals surface area contributed by atoms with Crippen LogP contribution in [-0.4, -0.2) is 43.8 Å². The number of carbonyl (C=O) groups excluding carboxylic acids is 2. The van der Waals surface area contributed by atoms with Crippen molar-refractivity contribution in [2.24, 2.45) is 0 Å². The van der Waals surface area contributed by atoms with Crippen LogP contribution in [0.5, 0.6) is 0 Å². The van der Waals surface area contributed by atoms with E-state index in [1.165, 1.54) is 0 Å². The molecule has 2 atom stereocenters. The summed E-state index contributed by atoms with van der Waals surface area (Å²) in [6, 6.07) is 6.29. The van der Waals surface area contributed by atoms with Gasteiger partial charge in [0, 0.05) is 12.2 Å². The Hall–Kier alpha value is -1.92. The topological polar surface area (TPSA) is 76.7 Å². The normalized spacial score (nSPS) is 21.6. The summed E-state index contributed by atoms with van der Waals surface area (Å²) in [6.45, 7) is 5.16. The van der Waals surface area contributed by atoms with Crippen molar-refractivity contribution in [3.05, 3.63) is 29.8 Å². The second-order valence-electron chi connectivity index (χ2n) is 4.80. The third-order valence-electron chi connectivity index (χ3n) is 3.24. The zero-order valence-corrected chi connectivity index (χ0v) is 12.2. The van der Waals surface area contributed by atoms with Gasteiger partial charge < -0.3 is 20.1 Å². The maximum absolute atomic E-state index is 12.2. The standard InChI is InChI=1S/C15H20N2O4/c1-3-20-15(19)11-5-4-6-12(9-11)17-14(18)13-10(2)21-8-7-16-13/h4-6,9-10,13,16H,3,7-8H2,1-2H3,(H,17,18)/t10-,13+/m1/s1. The van der Waals surface area contributed by atoms with Gasteiger partial charge in [-0.2, -0.15) is 0 Å². The molecule has 0 saturated carbocycles. The van der Waals surface area contributed by atoms with Gasteiger partial charge in [0.25, 0.3) is 0 Å². The van der Waals surface area contributed by atoms with Crippen molar-refractivity contribution in [1.29, 1.82) is 0 Å². The summed E-state index contributed by atoms with van der Waals surface area (Å²) in [4.78, 5) is 23.9. The van der Waals surface area contributed by atoms with Crippen LogP contribution in [0.15, 0.2) is 24.3 Å². The lowest BCUT2D eigenvalue weighted by Crippen LogP contribution is -2.53. The van der Waals surface area contributed by atoms with Crippen LogP contribution in [0, 0.1) is 0 Å². The van der Waals surface area contributed by atoms with E-state index in [0.29, 0.717) is 31.0 Å². The molecular weight excluding hydrogens is 272 g/mol. The molecule has 0 bridgehead atoms. The number of anilines is 1. The number of amides is 1. The molecule has 0 aromatic heterocycles. The molecule has 1 aromatic rings. The Kier molecular flexibility index (Phi) is 5.30. The number of hydrogen-bond acceptors (Lipinski definition) is 5. The zero-order chi connectivity index (χ0) is 15.2. The van der Waals surface area contributed by atoms with Crippen LogP contribution in [0.4, 0.5) is 5.69 Å². The number of morpholine rings is 1. The molecule has 1 aliphatic rings. The highest BCUT2D eigenvalue weighted by Crippen LogP contribution is 2.13. The molecule has 1 amide bonds. The van der Waals surface area contributed by atoms with Crippen LogP contribution in [0.2, 0.25) is 0 Å². The van der Waals surface area contributed by atoms with Gasteiger partial charge in [0.1, 0.15) is 6.04 Å². The van der Waals surface area contributed by atoms with Gasteiger partial charge in [-0.25, -0.2) is 4.79 Å². The lowest BCUT2D eigenvalue weighted by Gasteiger charge is -2.29. The third-order valence-corrected chi connectivity index (χ3v) is 3.24. The Morgan fingerprint density at radius 1 is 1.48 bits per heavy atom. The van der Waals surface area contributed by atoms with Crippen LogP contribution < -0.4 is 10.6 Å². The van der Waals surface area contributed by atoms with Gasteiger partial charge in [-0.3, -0.25) is 4.79 Å². The van der Waals surface area contributed by atoms with Crippen molar-refractivity contribution >= 4 is 17.6 Å². The molecule has 0 spiro atoms. The van der Waals surface area contributed by atoms with Gasteiger partial charge in [0.15, 0.2) is 0 Å². The van der Waals surface area contributed by atoms with E-state index in [-0.39, 0.29) is 12.0 Å². The first kappa shape index (κ1) is 15.5. The molecule has 1 saturated heterocycles. The van der Waals surface area contributed by atoms with Crippen molar-refractivity contribution in [1.82, 2.24) is 5.32 Å². The highest BCUT2D eigenvalue weighted by molar-refractivity contribution is 5.97. The molecule has 0 radical (unpaired) electrons. The predicted molar refractivity (Wildman–Crippen MR) is 78.2 cm³/mol. The molecule has 21 heavy (non-hydrogen) atoms. The summed E-state index contributed by atoms with van der Waals surface area (Å²) >= 11 is 0. The fourth-order valence-corrected chi connectivity index (χ4v) is 2.19. The van der Waals surface area contributed by atoms with Crippen molar-refractivity contribution in [2.75, 3.05) is 25.1 Å². The Morgan fingerprint density at radius 2 is 2.29 bits per heavy atom. The number of carbonyl (C=O) groups is 2. The number of nitrogens with one attached hydrogen (secondary N) is 2. The molecule has 0 unspecified atom stereocenters. The van der Waals surface area contributed by atoms with Crippen LogP contribution in [-0.2, 0) is 14.3 Å². The van der Waals surface area contributed by atoms with Gasteiger partial charge in [-0.1, -0.05) is 6.07 Å². The quantitative estimate of drug-likeness (QED) is 0.815. The monoisotopic (exact) mass is 292 g/mol. The van der Waals surface area contributed by atoms with Gasteiger partial charge in [-0.15, -0.1) is 0 Å². The summed E-state index contributed by atoms with van der Waals surface area (Å²) in [5.74, 6) is -0.579. The Bertz CT molecular complexity index is 518. The number of benzene rings is 1. The first-order valence-corrected chi connectivity index (χ1v) is 7.05. The molecule has 2 N–H and O–H groups in total. The molecular formula is C15H20N2O4. The number of ether oxygens (including phenoxy) is 2. The molecule has 2 rings (SSSR count). The zero-order valence-electron chi connectivity index (χ0n) is 12.2. The Balaban J connectivity index is 2.03. The van der Waals surface area contributed by atoms with E-state index in [1.807, 2.05) is 6.92 Å². The smallest absolute Gasteiger partial charge is 0.338 e. The van der Waals surface area contributed by atoms with E-state index < -0.39 is 12.0 Å². The minimum absolute atomic E-state index is 0.178. The fraction of sp³-hybridized carbons (Fsp3) is 0.467. The summed E-state index contributed by atoms with van der Waals surface area (Å²) in [5.41, 5.74) is 0.973. The van der Waals surface area contributed by atoms with Gasteiger partial charge in [0.2, 0.25) is 5.91 Å². The van der Waals surface area contributed by atoms with E-state index in [2.05, 4.69) is 10.6 Å². The molecule has 6 nitrogen and oxygen atoms in total. The maximum atomic E-state index is 12.2. The van der Waals surface area contributed by atoms with E-state index in [0.717, 1.165) is 0 Å². The van der Waals surface area contributed by atoms with E-state index >= 15 is 0 Å². The second-order valence-corrected chi connectivity index (χ2v) is 4.80. The van der Waals surface area contributed by atoms with Gasteiger partial charge in [-0.05, 0) is 32.0 Å². The lowest BCUT2D eigenvalue weighted by molar-refractivity contribution is -0.123. The number of hydrogen-bond donors (Lipinski definition) is 2.